The van der Waals surface area contributed by atoms with Crippen LogP contribution in [0.2, 0.25) is 0 Å². The SMILES string of the molecule is COc1cccc(C[NH+](C)CC(=O)c2c(C)[nH]c3ccccc23)c1. The molecule has 4 heteroatoms. The molecule has 0 aliphatic heterocycles. The van der Waals surface area contributed by atoms with Crippen LogP contribution in [-0.2, 0) is 6.54 Å². The summed E-state index contributed by atoms with van der Waals surface area (Å²) in [6, 6.07) is 16.0. The van der Waals surface area contributed by atoms with Gasteiger partial charge in [0.15, 0.2) is 0 Å². The number of methoxy groups -OCH3 is 1. The molecule has 0 aliphatic rings. The number of likely N-dealkylation sites (N-methyl/N-ethyl adjacent to an activating group) is 1. The van der Waals surface area contributed by atoms with Crippen LogP contribution in [0.25, 0.3) is 10.9 Å². The Bertz CT molecular complexity index is 867. The van der Waals surface area contributed by atoms with E-state index in [4.69, 9.17) is 4.74 Å². The van der Waals surface area contributed by atoms with Gasteiger partial charge in [-0.25, -0.2) is 0 Å². The fourth-order valence-electron chi connectivity index (χ4n) is 3.19. The zero-order chi connectivity index (χ0) is 17.1. The van der Waals surface area contributed by atoms with Crippen molar-refractivity contribution in [1.29, 1.82) is 0 Å². The number of H-pyrrole nitrogens is 1. The van der Waals surface area contributed by atoms with E-state index in [9.17, 15) is 4.79 Å². The van der Waals surface area contributed by atoms with Gasteiger partial charge in [-0.2, -0.15) is 0 Å². The fourth-order valence-corrected chi connectivity index (χ4v) is 3.19. The van der Waals surface area contributed by atoms with Crippen LogP contribution in [0.1, 0.15) is 21.6 Å². The summed E-state index contributed by atoms with van der Waals surface area (Å²) in [7, 11) is 3.71. The van der Waals surface area contributed by atoms with Crippen LogP contribution in [-0.4, -0.2) is 31.5 Å². The lowest BCUT2D eigenvalue weighted by molar-refractivity contribution is -0.884. The van der Waals surface area contributed by atoms with Crippen molar-refractivity contribution in [3.63, 3.8) is 0 Å². The Morgan fingerprint density at radius 2 is 1.96 bits per heavy atom. The lowest BCUT2D eigenvalue weighted by atomic mass is 10.1. The number of aromatic nitrogens is 1. The standard InChI is InChI=1S/C20H22N2O2/c1-14-20(17-9-4-5-10-18(17)21-14)19(23)13-22(2)12-15-7-6-8-16(11-15)24-3/h4-11,21H,12-13H2,1-3H3/p+1. The van der Waals surface area contributed by atoms with E-state index in [1.54, 1.807) is 7.11 Å². The molecule has 1 heterocycles. The van der Waals surface area contributed by atoms with Gasteiger partial charge in [0.1, 0.15) is 18.8 Å². The molecule has 0 saturated carbocycles. The Balaban J connectivity index is 1.74. The minimum Gasteiger partial charge on any atom is -0.497 e. The minimum atomic E-state index is 0.172. The van der Waals surface area contributed by atoms with E-state index in [-0.39, 0.29) is 5.78 Å². The van der Waals surface area contributed by atoms with Gasteiger partial charge in [0.2, 0.25) is 5.78 Å². The number of hydrogen-bond acceptors (Lipinski definition) is 2. The molecule has 4 nitrogen and oxygen atoms in total. The Labute approximate surface area is 142 Å². The van der Waals surface area contributed by atoms with Gasteiger partial charge in [-0.1, -0.05) is 30.3 Å². The Kier molecular flexibility index (Phi) is 4.67. The number of hydrogen-bond donors (Lipinski definition) is 2. The van der Waals surface area contributed by atoms with E-state index < -0.39 is 0 Å². The first kappa shape index (κ1) is 16.3. The lowest BCUT2D eigenvalue weighted by Gasteiger charge is -2.14. The van der Waals surface area contributed by atoms with Crippen LogP contribution < -0.4 is 9.64 Å². The van der Waals surface area contributed by atoms with Crippen LogP contribution in [0, 0.1) is 6.92 Å². The van der Waals surface area contributed by atoms with Crippen LogP contribution in [0.3, 0.4) is 0 Å². The normalized spacial score (nSPS) is 12.3. The van der Waals surface area contributed by atoms with Crippen molar-refractivity contribution in [2.45, 2.75) is 13.5 Å². The van der Waals surface area contributed by atoms with Crippen molar-refractivity contribution < 1.29 is 14.4 Å². The molecule has 3 aromatic rings. The second-order valence-electron chi connectivity index (χ2n) is 6.26. The zero-order valence-corrected chi connectivity index (χ0v) is 14.3. The summed E-state index contributed by atoms with van der Waals surface area (Å²) >= 11 is 0. The monoisotopic (exact) mass is 323 g/mol. The highest BCUT2D eigenvalue weighted by Gasteiger charge is 2.19. The van der Waals surface area contributed by atoms with Crippen molar-refractivity contribution in [3.8, 4) is 5.75 Å². The molecule has 0 fully saturated rings. The largest absolute Gasteiger partial charge is 0.497 e. The summed E-state index contributed by atoms with van der Waals surface area (Å²) in [5, 5.41) is 1.01. The molecule has 0 radical (unpaired) electrons. The second kappa shape index (κ2) is 6.89. The summed E-state index contributed by atoms with van der Waals surface area (Å²) in [6.07, 6.45) is 0. The number of carbonyl (C=O) groups excluding carboxylic acids is 1. The first-order valence-electron chi connectivity index (χ1n) is 8.13. The molecule has 2 aromatic carbocycles. The first-order valence-corrected chi connectivity index (χ1v) is 8.13. The van der Waals surface area contributed by atoms with Crippen molar-refractivity contribution in [3.05, 3.63) is 65.4 Å². The third kappa shape index (κ3) is 3.34. The molecule has 3 rings (SSSR count). The van der Waals surface area contributed by atoms with Gasteiger partial charge in [0, 0.05) is 22.2 Å². The average Bonchev–Trinajstić information content (AvgIpc) is 2.90. The molecule has 1 aromatic heterocycles. The summed E-state index contributed by atoms with van der Waals surface area (Å²) in [6.45, 7) is 3.20. The van der Waals surface area contributed by atoms with E-state index in [1.165, 1.54) is 0 Å². The van der Waals surface area contributed by atoms with Crippen LogP contribution >= 0.6 is 0 Å². The number of para-hydroxylation sites is 1. The Morgan fingerprint density at radius 3 is 2.75 bits per heavy atom. The van der Waals surface area contributed by atoms with Crippen LogP contribution in [0.4, 0.5) is 0 Å². The molecule has 24 heavy (non-hydrogen) atoms. The maximum absolute atomic E-state index is 12.8. The number of fused-ring (bicyclic) bond motifs is 1. The lowest BCUT2D eigenvalue weighted by Crippen LogP contribution is -3.08. The Morgan fingerprint density at radius 1 is 1.17 bits per heavy atom. The van der Waals surface area contributed by atoms with Crippen LogP contribution in [0.15, 0.2) is 48.5 Å². The molecule has 124 valence electrons. The minimum absolute atomic E-state index is 0.172. The maximum Gasteiger partial charge on any atom is 0.219 e. The van der Waals surface area contributed by atoms with Crippen molar-refractivity contribution in [2.24, 2.45) is 0 Å². The van der Waals surface area contributed by atoms with E-state index >= 15 is 0 Å². The molecule has 0 spiro atoms. The van der Waals surface area contributed by atoms with Gasteiger partial charge < -0.3 is 14.6 Å². The van der Waals surface area contributed by atoms with Gasteiger partial charge in [-0.15, -0.1) is 0 Å². The summed E-state index contributed by atoms with van der Waals surface area (Å²) in [4.78, 5) is 17.2. The van der Waals surface area contributed by atoms with E-state index in [0.29, 0.717) is 6.54 Å². The highest BCUT2D eigenvalue weighted by molar-refractivity contribution is 6.09. The molecule has 0 bridgehead atoms. The zero-order valence-electron chi connectivity index (χ0n) is 14.3. The smallest absolute Gasteiger partial charge is 0.219 e. The summed E-state index contributed by atoms with van der Waals surface area (Å²) in [5.74, 6) is 1.02. The van der Waals surface area contributed by atoms with Gasteiger partial charge in [-0.3, -0.25) is 4.79 Å². The van der Waals surface area contributed by atoms with Crippen LogP contribution in [0.5, 0.6) is 5.75 Å². The Hall–Kier alpha value is -2.59. The molecule has 1 unspecified atom stereocenters. The number of carbonyl (C=O) groups is 1. The van der Waals surface area contributed by atoms with Crippen molar-refractivity contribution in [1.82, 2.24) is 4.98 Å². The van der Waals surface area contributed by atoms with Gasteiger partial charge in [0.25, 0.3) is 0 Å². The molecular formula is C20H23N2O2+. The molecule has 0 saturated heterocycles. The van der Waals surface area contributed by atoms with Gasteiger partial charge >= 0.3 is 0 Å². The predicted molar refractivity (Wildman–Crippen MR) is 95.8 cm³/mol. The number of Topliss-reactive ketones (excluding diaryl/α,β-unsaturated/α-hetero) is 1. The highest BCUT2D eigenvalue weighted by Crippen LogP contribution is 2.21. The number of nitrogens with one attached hydrogen (secondary N) is 2. The molecular weight excluding hydrogens is 300 g/mol. The van der Waals surface area contributed by atoms with E-state index in [1.807, 2.05) is 56.4 Å². The first-order chi connectivity index (χ1) is 11.6. The number of rotatable bonds is 6. The van der Waals surface area contributed by atoms with Gasteiger partial charge in [0.05, 0.1) is 19.7 Å². The maximum atomic E-state index is 12.8. The molecule has 1 atom stereocenters. The molecule has 0 aliphatic carbocycles. The number of ketones is 1. The average molecular weight is 323 g/mol. The summed E-state index contributed by atoms with van der Waals surface area (Å²) in [5.41, 5.74) is 3.94. The number of aromatic amines is 1. The third-order valence-corrected chi connectivity index (χ3v) is 4.27. The highest BCUT2D eigenvalue weighted by atomic mass is 16.5. The third-order valence-electron chi connectivity index (χ3n) is 4.27. The predicted octanol–water partition coefficient (Wildman–Crippen LogP) is 2.38. The van der Waals surface area contributed by atoms with Gasteiger partial charge in [-0.05, 0) is 25.1 Å². The number of quaternary nitrogens is 1. The fraction of sp³-hybridized carbons (Fsp3) is 0.250. The molecule has 0 amide bonds. The van der Waals surface area contributed by atoms with E-state index in [2.05, 4.69) is 11.1 Å². The summed E-state index contributed by atoms with van der Waals surface area (Å²) < 4.78 is 5.26. The number of benzene rings is 2. The number of ether oxygens (including phenoxy) is 1. The number of aryl methyl sites for hydroxylation is 1. The van der Waals surface area contributed by atoms with Crippen molar-refractivity contribution >= 4 is 16.7 Å². The second-order valence-corrected chi connectivity index (χ2v) is 6.26. The quantitative estimate of drug-likeness (QED) is 0.684. The van der Waals surface area contributed by atoms with Crippen molar-refractivity contribution in [2.75, 3.05) is 20.7 Å². The van der Waals surface area contributed by atoms with E-state index in [0.717, 1.165) is 44.9 Å². The molecule has 2 N–H and O–H groups in total. The topological polar surface area (TPSA) is 46.5 Å².